The molecule has 5 nitrogen and oxygen atoms in total. The van der Waals surface area contributed by atoms with E-state index in [2.05, 4.69) is 40.1 Å². The number of H-pyrrole nitrogens is 1. The molecule has 3 heterocycles. The average molecular weight is 278 g/mol. The number of nitrogens with zero attached hydrogens (tertiary/aromatic N) is 3. The fourth-order valence-electron chi connectivity index (χ4n) is 2.86. The molecule has 0 spiro atoms. The largest absolute Gasteiger partial charge is 0.343 e. The Morgan fingerprint density at radius 3 is 2.95 bits per heavy atom. The van der Waals surface area contributed by atoms with E-state index in [1.807, 2.05) is 4.90 Å². The minimum absolute atomic E-state index is 0.0144. The number of carbonyl (C=O) groups excluding carboxylic acids is 1. The van der Waals surface area contributed by atoms with Crippen LogP contribution in [-0.4, -0.2) is 25.8 Å². The first-order chi connectivity index (χ1) is 10.2. The summed E-state index contributed by atoms with van der Waals surface area (Å²) in [7, 11) is 0. The molecule has 0 radical (unpaired) electrons. The number of aromatic nitrogens is 3. The summed E-state index contributed by atoms with van der Waals surface area (Å²) >= 11 is 0. The smallest absolute Gasteiger partial charge is 0.256 e. The van der Waals surface area contributed by atoms with Gasteiger partial charge in [0.1, 0.15) is 0 Å². The maximum Gasteiger partial charge on any atom is 0.256 e. The second kappa shape index (κ2) is 4.41. The maximum atomic E-state index is 12.8. The molecule has 1 N–H and O–H groups in total. The van der Waals surface area contributed by atoms with E-state index < -0.39 is 0 Å². The van der Waals surface area contributed by atoms with Gasteiger partial charge in [-0.05, 0) is 24.1 Å². The van der Waals surface area contributed by atoms with E-state index >= 15 is 0 Å². The number of imidazole rings is 1. The van der Waals surface area contributed by atoms with Gasteiger partial charge in [0.05, 0.1) is 17.4 Å². The highest BCUT2D eigenvalue weighted by Gasteiger charge is 2.25. The lowest BCUT2D eigenvalue weighted by Crippen LogP contribution is -2.25. The number of benzene rings is 1. The molecule has 1 aromatic carbocycles. The van der Waals surface area contributed by atoms with Crippen molar-refractivity contribution in [1.29, 1.82) is 0 Å². The van der Waals surface area contributed by atoms with E-state index in [0.717, 1.165) is 0 Å². The van der Waals surface area contributed by atoms with Crippen molar-refractivity contribution in [1.82, 2.24) is 19.9 Å². The molecule has 0 aliphatic carbocycles. The van der Waals surface area contributed by atoms with Crippen molar-refractivity contribution in [2.75, 3.05) is 0 Å². The lowest BCUT2D eigenvalue weighted by molar-refractivity contribution is 0.0753. The lowest BCUT2D eigenvalue weighted by atomic mass is 10.1. The van der Waals surface area contributed by atoms with E-state index in [1.165, 1.54) is 16.7 Å². The number of aromatic amines is 1. The predicted molar refractivity (Wildman–Crippen MR) is 78.6 cm³/mol. The van der Waals surface area contributed by atoms with Crippen molar-refractivity contribution in [3.63, 3.8) is 0 Å². The summed E-state index contributed by atoms with van der Waals surface area (Å²) in [4.78, 5) is 25.9. The standard InChI is InChI=1S/C16H14N4O/c1-10-2-3-11-7-20(8-12(11)6-10)16(21)13-4-5-17-15-14(13)18-9-19-15/h2-6,9H,7-8H2,1H3,(H,17,18,19). The Kier molecular flexibility index (Phi) is 2.54. The Hall–Kier alpha value is -2.69. The Morgan fingerprint density at radius 2 is 2.05 bits per heavy atom. The number of fused-ring (bicyclic) bond motifs is 2. The van der Waals surface area contributed by atoms with Crippen LogP contribution in [0.25, 0.3) is 11.2 Å². The molecule has 0 saturated carbocycles. The zero-order chi connectivity index (χ0) is 14.4. The normalized spacial score (nSPS) is 13.7. The third kappa shape index (κ3) is 1.89. The van der Waals surface area contributed by atoms with Gasteiger partial charge in [-0.1, -0.05) is 23.8 Å². The molecule has 4 rings (SSSR count). The zero-order valence-corrected chi connectivity index (χ0v) is 11.6. The maximum absolute atomic E-state index is 12.8. The number of carbonyl (C=O) groups is 1. The molecule has 0 saturated heterocycles. The van der Waals surface area contributed by atoms with E-state index in [0.29, 0.717) is 29.8 Å². The van der Waals surface area contributed by atoms with Crippen LogP contribution in [0.3, 0.4) is 0 Å². The van der Waals surface area contributed by atoms with Gasteiger partial charge in [-0.3, -0.25) is 4.79 Å². The molecule has 104 valence electrons. The minimum atomic E-state index is 0.0144. The van der Waals surface area contributed by atoms with Crippen LogP contribution in [0.5, 0.6) is 0 Å². The molecular formula is C16H14N4O. The molecule has 0 fully saturated rings. The number of pyridine rings is 1. The average Bonchev–Trinajstić information content (AvgIpc) is 3.11. The quantitative estimate of drug-likeness (QED) is 0.743. The molecule has 2 aromatic heterocycles. The summed E-state index contributed by atoms with van der Waals surface area (Å²) in [5.41, 5.74) is 5.59. The molecule has 21 heavy (non-hydrogen) atoms. The third-order valence-electron chi connectivity index (χ3n) is 3.93. The third-order valence-corrected chi connectivity index (χ3v) is 3.93. The predicted octanol–water partition coefficient (Wildman–Crippen LogP) is 2.42. The monoisotopic (exact) mass is 278 g/mol. The zero-order valence-electron chi connectivity index (χ0n) is 11.6. The van der Waals surface area contributed by atoms with E-state index in [-0.39, 0.29) is 5.91 Å². The van der Waals surface area contributed by atoms with Crippen molar-refractivity contribution in [2.24, 2.45) is 0 Å². The van der Waals surface area contributed by atoms with Crippen molar-refractivity contribution < 1.29 is 4.79 Å². The number of aryl methyl sites for hydroxylation is 1. The highest BCUT2D eigenvalue weighted by molar-refractivity contribution is 6.04. The van der Waals surface area contributed by atoms with Gasteiger partial charge in [0, 0.05) is 19.3 Å². The molecule has 0 bridgehead atoms. The van der Waals surface area contributed by atoms with E-state index in [4.69, 9.17) is 0 Å². The topological polar surface area (TPSA) is 61.9 Å². The highest BCUT2D eigenvalue weighted by atomic mass is 16.2. The van der Waals surface area contributed by atoms with Gasteiger partial charge >= 0.3 is 0 Å². The lowest BCUT2D eigenvalue weighted by Gasteiger charge is -2.15. The van der Waals surface area contributed by atoms with Crippen LogP contribution in [-0.2, 0) is 13.1 Å². The molecule has 1 aliphatic rings. The second-order valence-electron chi connectivity index (χ2n) is 5.39. The minimum Gasteiger partial charge on any atom is -0.343 e. The van der Waals surface area contributed by atoms with E-state index in [1.54, 1.807) is 18.6 Å². The Labute approximate surface area is 121 Å². The van der Waals surface area contributed by atoms with Gasteiger partial charge in [0.2, 0.25) is 0 Å². The molecule has 3 aromatic rings. The van der Waals surface area contributed by atoms with Gasteiger partial charge in [-0.15, -0.1) is 0 Å². The van der Waals surface area contributed by atoms with Gasteiger partial charge < -0.3 is 9.88 Å². The molecule has 1 aliphatic heterocycles. The molecule has 1 amide bonds. The van der Waals surface area contributed by atoms with Crippen LogP contribution in [0.1, 0.15) is 27.0 Å². The fraction of sp³-hybridized carbons (Fsp3) is 0.188. The van der Waals surface area contributed by atoms with Gasteiger partial charge in [0.15, 0.2) is 5.65 Å². The summed E-state index contributed by atoms with van der Waals surface area (Å²) in [5, 5.41) is 0. The number of amides is 1. The number of rotatable bonds is 1. The van der Waals surface area contributed by atoms with Crippen LogP contribution in [0.2, 0.25) is 0 Å². The summed E-state index contributed by atoms with van der Waals surface area (Å²) in [6.07, 6.45) is 3.19. The number of hydrogen-bond acceptors (Lipinski definition) is 3. The fourth-order valence-corrected chi connectivity index (χ4v) is 2.86. The summed E-state index contributed by atoms with van der Waals surface area (Å²) in [5.74, 6) is 0.0144. The first kappa shape index (κ1) is 12.1. The van der Waals surface area contributed by atoms with Crippen molar-refractivity contribution in [3.8, 4) is 0 Å². The summed E-state index contributed by atoms with van der Waals surface area (Å²) < 4.78 is 0. The second-order valence-corrected chi connectivity index (χ2v) is 5.39. The Morgan fingerprint density at radius 1 is 1.19 bits per heavy atom. The van der Waals surface area contributed by atoms with E-state index in [9.17, 15) is 4.79 Å². The van der Waals surface area contributed by atoms with Crippen molar-refractivity contribution in [3.05, 3.63) is 59.0 Å². The van der Waals surface area contributed by atoms with Crippen molar-refractivity contribution in [2.45, 2.75) is 20.0 Å². The van der Waals surface area contributed by atoms with Gasteiger partial charge in [-0.2, -0.15) is 0 Å². The van der Waals surface area contributed by atoms with Crippen LogP contribution >= 0.6 is 0 Å². The van der Waals surface area contributed by atoms with Crippen LogP contribution in [0.15, 0.2) is 36.8 Å². The van der Waals surface area contributed by atoms with Crippen LogP contribution in [0, 0.1) is 6.92 Å². The first-order valence-corrected chi connectivity index (χ1v) is 6.88. The first-order valence-electron chi connectivity index (χ1n) is 6.88. The number of nitrogens with one attached hydrogen (secondary N) is 1. The molecule has 5 heteroatoms. The van der Waals surface area contributed by atoms with Crippen LogP contribution in [0.4, 0.5) is 0 Å². The summed E-state index contributed by atoms with van der Waals surface area (Å²) in [6.45, 7) is 3.39. The molecule has 0 atom stereocenters. The SMILES string of the molecule is Cc1ccc2c(c1)CN(C(=O)c1ccnc3nc[nH]c13)C2. The highest BCUT2D eigenvalue weighted by Crippen LogP contribution is 2.26. The Bertz CT molecular complexity index is 852. The number of hydrogen-bond donors (Lipinski definition) is 1. The van der Waals surface area contributed by atoms with Gasteiger partial charge in [0.25, 0.3) is 5.91 Å². The van der Waals surface area contributed by atoms with Crippen molar-refractivity contribution >= 4 is 17.1 Å². The molecule has 0 unspecified atom stereocenters. The van der Waals surface area contributed by atoms with Gasteiger partial charge in [-0.25, -0.2) is 9.97 Å². The Balaban J connectivity index is 1.69. The molecular weight excluding hydrogens is 264 g/mol. The summed E-state index contributed by atoms with van der Waals surface area (Å²) in [6, 6.07) is 8.10. The van der Waals surface area contributed by atoms with Crippen LogP contribution < -0.4 is 0 Å².